The molecule has 2 heterocycles. The Labute approximate surface area is 144 Å². The second kappa shape index (κ2) is 8.00. The van der Waals surface area contributed by atoms with E-state index in [0.717, 1.165) is 38.4 Å². The van der Waals surface area contributed by atoms with Crippen LogP contribution >= 0.6 is 24.0 Å². The van der Waals surface area contributed by atoms with Crippen LogP contribution in [-0.4, -0.2) is 34.6 Å². The van der Waals surface area contributed by atoms with Gasteiger partial charge < -0.3 is 15.2 Å². The third kappa shape index (κ3) is 4.86. The van der Waals surface area contributed by atoms with Crippen molar-refractivity contribution in [3.63, 3.8) is 0 Å². The number of aliphatic imine (C=N–C) groups is 1. The van der Waals surface area contributed by atoms with E-state index in [4.69, 9.17) is 4.98 Å². The molecule has 1 fully saturated rings. The summed E-state index contributed by atoms with van der Waals surface area (Å²) in [6.07, 6.45) is 9.40. The Morgan fingerprint density at radius 3 is 3.00 bits per heavy atom. The molecule has 1 aromatic rings. The molecule has 1 aliphatic carbocycles. The summed E-state index contributed by atoms with van der Waals surface area (Å²) in [5, 5.41) is 6.74. The van der Waals surface area contributed by atoms with E-state index >= 15 is 0 Å². The Bertz CT molecular complexity index is 455. The standard InChI is InChI=1S/C15H25N5.HI/c1-2-16-15(19-12-6-7-12)17-9-8-13-11-20-10-4-3-5-14(20)18-13;/h11-12H,2-10H2,1H3,(H2,16,17,19);1H. The van der Waals surface area contributed by atoms with Gasteiger partial charge in [0.25, 0.3) is 0 Å². The third-order valence-corrected chi connectivity index (χ3v) is 3.86. The van der Waals surface area contributed by atoms with E-state index in [-0.39, 0.29) is 24.0 Å². The first kappa shape index (κ1) is 16.6. The fraction of sp³-hybridized carbons (Fsp3) is 0.733. The van der Waals surface area contributed by atoms with E-state index in [1.165, 1.54) is 37.2 Å². The lowest BCUT2D eigenvalue weighted by molar-refractivity contribution is 0.522. The second-order valence-corrected chi connectivity index (χ2v) is 5.73. The van der Waals surface area contributed by atoms with Gasteiger partial charge in [0.05, 0.1) is 5.69 Å². The van der Waals surface area contributed by atoms with Gasteiger partial charge in [-0.25, -0.2) is 4.98 Å². The molecule has 2 aliphatic rings. The molecule has 0 atom stereocenters. The molecule has 0 spiro atoms. The van der Waals surface area contributed by atoms with Gasteiger partial charge in [-0.1, -0.05) is 0 Å². The van der Waals surface area contributed by atoms with E-state index in [1.807, 2.05) is 0 Å². The summed E-state index contributed by atoms with van der Waals surface area (Å²) in [6, 6.07) is 0.646. The summed E-state index contributed by atoms with van der Waals surface area (Å²) in [7, 11) is 0. The van der Waals surface area contributed by atoms with Crippen LogP contribution in [0.4, 0.5) is 0 Å². The summed E-state index contributed by atoms with van der Waals surface area (Å²) < 4.78 is 2.32. The van der Waals surface area contributed by atoms with Crippen LogP contribution in [0.2, 0.25) is 0 Å². The Kier molecular flexibility index (Phi) is 6.32. The number of imidazole rings is 1. The van der Waals surface area contributed by atoms with E-state index in [0.29, 0.717) is 6.04 Å². The number of aryl methyl sites for hydroxylation is 2. The van der Waals surface area contributed by atoms with Crippen molar-refractivity contribution >= 4 is 29.9 Å². The minimum atomic E-state index is 0. The number of hydrogen-bond acceptors (Lipinski definition) is 2. The molecule has 1 aliphatic heterocycles. The van der Waals surface area contributed by atoms with Crippen molar-refractivity contribution in [3.05, 3.63) is 17.7 Å². The third-order valence-electron chi connectivity index (χ3n) is 3.86. The van der Waals surface area contributed by atoms with Crippen molar-refractivity contribution in [1.82, 2.24) is 20.2 Å². The Balaban J connectivity index is 0.00000161. The Morgan fingerprint density at radius 1 is 1.43 bits per heavy atom. The second-order valence-electron chi connectivity index (χ2n) is 5.73. The predicted octanol–water partition coefficient (Wildman–Crippen LogP) is 2.10. The van der Waals surface area contributed by atoms with E-state index in [1.54, 1.807) is 0 Å². The number of guanidine groups is 1. The number of nitrogens with zero attached hydrogens (tertiary/aromatic N) is 3. The molecule has 0 amide bonds. The zero-order valence-electron chi connectivity index (χ0n) is 12.8. The van der Waals surface area contributed by atoms with Crippen LogP contribution in [0.1, 0.15) is 44.1 Å². The van der Waals surface area contributed by atoms with Crippen LogP contribution < -0.4 is 10.6 Å². The number of nitrogens with one attached hydrogen (secondary N) is 2. The van der Waals surface area contributed by atoms with Gasteiger partial charge in [0.2, 0.25) is 0 Å². The van der Waals surface area contributed by atoms with Crippen LogP contribution in [-0.2, 0) is 19.4 Å². The SMILES string of the molecule is CCNC(=NCCc1cn2c(n1)CCCC2)NC1CC1.I. The van der Waals surface area contributed by atoms with Crippen LogP contribution in [0.25, 0.3) is 0 Å². The fourth-order valence-electron chi connectivity index (χ4n) is 2.62. The molecule has 6 heteroatoms. The molecular formula is C15H26IN5. The van der Waals surface area contributed by atoms with Gasteiger partial charge in [-0.3, -0.25) is 4.99 Å². The van der Waals surface area contributed by atoms with Crippen LogP contribution in [0.15, 0.2) is 11.2 Å². The minimum Gasteiger partial charge on any atom is -0.357 e. The highest BCUT2D eigenvalue weighted by Crippen LogP contribution is 2.18. The summed E-state index contributed by atoms with van der Waals surface area (Å²) in [5.74, 6) is 2.22. The molecule has 0 unspecified atom stereocenters. The summed E-state index contributed by atoms with van der Waals surface area (Å²) in [6.45, 7) is 4.96. The number of halogens is 1. The van der Waals surface area contributed by atoms with Gasteiger partial charge in [0.15, 0.2) is 5.96 Å². The molecule has 118 valence electrons. The van der Waals surface area contributed by atoms with Crippen molar-refractivity contribution in [2.75, 3.05) is 13.1 Å². The number of rotatable bonds is 5. The van der Waals surface area contributed by atoms with E-state index < -0.39 is 0 Å². The zero-order chi connectivity index (χ0) is 13.8. The normalized spacial score (nSPS) is 17.9. The van der Waals surface area contributed by atoms with Crippen molar-refractivity contribution < 1.29 is 0 Å². The maximum Gasteiger partial charge on any atom is 0.191 e. The Hall–Kier alpha value is -0.790. The summed E-state index contributed by atoms with van der Waals surface area (Å²) >= 11 is 0. The highest BCUT2D eigenvalue weighted by atomic mass is 127. The summed E-state index contributed by atoms with van der Waals surface area (Å²) in [4.78, 5) is 9.36. The van der Waals surface area contributed by atoms with Gasteiger partial charge in [-0.15, -0.1) is 24.0 Å². The Morgan fingerprint density at radius 2 is 2.29 bits per heavy atom. The first-order chi connectivity index (χ1) is 9.85. The van der Waals surface area contributed by atoms with E-state index in [2.05, 4.69) is 33.3 Å². The van der Waals surface area contributed by atoms with Crippen LogP contribution in [0.5, 0.6) is 0 Å². The fourth-order valence-corrected chi connectivity index (χ4v) is 2.62. The van der Waals surface area contributed by atoms with Crippen molar-refractivity contribution in [1.29, 1.82) is 0 Å². The van der Waals surface area contributed by atoms with Crippen LogP contribution in [0.3, 0.4) is 0 Å². The molecule has 0 bridgehead atoms. The number of aromatic nitrogens is 2. The topological polar surface area (TPSA) is 54.2 Å². The molecule has 0 saturated heterocycles. The zero-order valence-corrected chi connectivity index (χ0v) is 15.1. The lowest BCUT2D eigenvalue weighted by Crippen LogP contribution is -2.38. The summed E-state index contributed by atoms with van der Waals surface area (Å²) in [5.41, 5.74) is 1.19. The average molecular weight is 403 g/mol. The molecule has 1 aromatic heterocycles. The lowest BCUT2D eigenvalue weighted by Gasteiger charge is -2.11. The highest BCUT2D eigenvalue weighted by molar-refractivity contribution is 14.0. The molecule has 5 nitrogen and oxygen atoms in total. The van der Waals surface area contributed by atoms with Gasteiger partial charge in [-0.05, 0) is 32.6 Å². The monoisotopic (exact) mass is 403 g/mol. The number of fused-ring (bicyclic) bond motifs is 1. The van der Waals surface area contributed by atoms with Crippen LogP contribution in [0, 0.1) is 0 Å². The molecule has 3 rings (SSSR count). The maximum absolute atomic E-state index is 4.72. The molecule has 0 aromatic carbocycles. The van der Waals surface area contributed by atoms with Gasteiger partial charge in [0, 0.05) is 44.7 Å². The first-order valence-corrected chi connectivity index (χ1v) is 7.95. The molecule has 1 saturated carbocycles. The van der Waals surface area contributed by atoms with Crippen molar-refractivity contribution in [2.45, 2.75) is 58.0 Å². The van der Waals surface area contributed by atoms with E-state index in [9.17, 15) is 0 Å². The minimum absolute atomic E-state index is 0. The molecular weight excluding hydrogens is 377 g/mol. The largest absolute Gasteiger partial charge is 0.357 e. The quantitative estimate of drug-likeness (QED) is 0.450. The smallest absolute Gasteiger partial charge is 0.191 e. The predicted molar refractivity (Wildman–Crippen MR) is 96.4 cm³/mol. The first-order valence-electron chi connectivity index (χ1n) is 7.95. The number of hydrogen-bond donors (Lipinski definition) is 2. The average Bonchev–Trinajstić information content (AvgIpc) is 3.16. The van der Waals surface area contributed by atoms with Gasteiger partial charge in [0.1, 0.15) is 5.82 Å². The lowest BCUT2D eigenvalue weighted by atomic mass is 10.2. The molecule has 2 N–H and O–H groups in total. The highest BCUT2D eigenvalue weighted by Gasteiger charge is 2.22. The van der Waals surface area contributed by atoms with Crippen molar-refractivity contribution in [2.24, 2.45) is 4.99 Å². The van der Waals surface area contributed by atoms with Gasteiger partial charge in [-0.2, -0.15) is 0 Å². The molecule has 0 radical (unpaired) electrons. The van der Waals surface area contributed by atoms with Crippen molar-refractivity contribution in [3.8, 4) is 0 Å². The maximum atomic E-state index is 4.72. The molecule has 21 heavy (non-hydrogen) atoms. The van der Waals surface area contributed by atoms with Gasteiger partial charge >= 0.3 is 0 Å².